The van der Waals surface area contributed by atoms with Crippen LogP contribution in [0, 0.1) is 0 Å². The number of nitrogens with two attached hydrogens (primary N) is 1. The van der Waals surface area contributed by atoms with Gasteiger partial charge in [0.1, 0.15) is 0 Å². The van der Waals surface area contributed by atoms with Crippen LogP contribution in [0.15, 0.2) is 6.20 Å². The maximum Gasteiger partial charge on any atom is 0.305 e. The molecule has 0 aliphatic carbocycles. The first-order chi connectivity index (χ1) is 5.61. The van der Waals surface area contributed by atoms with E-state index in [0.717, 1.165) is 0 Å². The third kappa shape index (κ3) is 1.79. The molecular formula is C6H10N4O2. The lowest BCUT2D eigenvalue weighted by molar-refractivity contribution is -0.137. The summed E-state index contributed by atoms with van der Waals surface area (Å²) in [5.74, 6) is -0.927. The van der Waals surface area contributed by atoms with Gasteiger partial charge < -0.3 is 10.8 Å². The summed E-state index contributed by atoms with van der Waals surface area (Å²) in [4.78, 5) is 10.3. The number of carboxylic acid groups (broad SMARTS) is 1. The highest BCUT2D eigenvalue weighted by Gasteiger charge is 2.13. The standard InChI is InChI=1S/C6H10N4O2/c1-10-5(3-8-9-10)4(7)2-6(11)12/h3-4H,2,7H2,1H3,(H,11,12)/t4-/m1/s1. The third-order valence-electron chi connectivity index (χ3n) is 1.52. The van der Waals surface area contributed by atoms with Crippen LogP contribution in [0.3, 0.4) is 0 Å². The number of hydrogen-bond donors (Lipinski definition) is 2. The molecule has 1 heterocycles. The van der Waals surface area contributed by atoms with Gasteiger partial charge in [0.2, 0.25) is 0 Å². The van der Waals surface area contributed by atoms with E-state index in [-0.39, 0.29) is 6.42 Å². The summed E-state index contributed by atoms with van der Waals surface area (Å²) >= 11 is 0. The van der Waals surface area contributed by atoms with E-state index in [2.05, 4.69) is 10.3 Å². The third-order valence-corrected chi connectivity index (χ3v) is 1.52. The number of aliphatic carboxylic acids is 1. The molecule has 6 nitrogen and oxygen atoms in total. The molecule has 12 heavy (non-hydrogen) atoms. The lowest BCUT2D eigenvalue weighted by Gasteiger charge is -2.06. The van der Waals surface area contributed by atoms with Crippen LogP contribution in [-0.2, 0) is 11.8 Å². The zero-order valence-corrected chi connectivity index (χ0v) is 6.64. The summed E-state index contributed by atoms with van der Waals surface area (Å²) in [6, 6.07) is -0.539. The van der Waals surface area contributed by atoms with Crippen LogP contribution in [0.2, 0.25) is 0 Å². The number of rotatable bonds is 3. The van der Waals surface area contributed by atoms with Crippen LogP contribution in [0.5, 0.6) is 0 Å². The molecule has 0 saturated heterocycles. The summed E-state index contributed by atoms with van der Waals surface area (Å²) in [6.45, 7) is 0. The Morgan fingerprint density at radius 3 is 3.00 bits per heavy atom. The highest BCUT2D eigenvalue weighted by molar-refractivity contribution is 5.67. The van der Waals surface area contributed by atoms with Crippen molar-refractivity contribution in [1.29, 1.82) is 0 Å². The van der Waals surface area contributed by atoms with Crippen LogP contribution in [0.1, 0.15) is 18.2 Å². The van der Waals surface area contributed by atoms with Gasteiger partial charge in [-0.1, -0.05) is 5.21 Å². The van der Waals surface area contributed by atoms with Gasteiger partial charge in [0.05, 0.1) is 24.4 Å². The Labute approximate surface area is 69.0 Å². The van der Waals surface area contributed by atoms with Gasteiger partial charge in [-0.15, -0.1) is 5.10 Å². The largest absolute Gasteiger partial charge is 0.481 e. The van der Waals surface area contributed by atoms with Crippen LogP contribution in [0.4, 0.5) is 0 Å². The lowest BCUT2D eigenvalue weighted by Crippen LogP contribution is -2.18. The van der Waals surface area contributed by atoms with Gasteiger partial charge in [-0.05, 0) is 0 Å². The van der Waals surface area contributed by atoms with E-state index >= 15 is 0 Å². The molecule has 0 fully saturated rings. The normalized spacial score (nSPS) is 12.8. The fourth-order valence-corrected chi connectivity index (χ4v) is 0.926. The molecule has 0 bridgehead atoms. The molecule has 6 heteroatoms. The molecule has 0 aromatic carbocycles. The van der Waals surface area contributed by atoms with Crippen molar-refractivity contribution in [2.45, 2.75) is 12.5 Å². The smallest absolute Gasteiger partial charge is 0.305 e. The van der Waals surface area contributed by atoms with Crippen molar-refractivity contribution in [3.63, 3.8) is 0 Å². The number of carboxylic acids is 1. The Hall–Kier alpha value is -1.43. The maximum atomic E-state index is 10.3. The topological polar surface area (TPSA) is 94.0 Å². The molecule has 66 valence electrons. The molecule has 0 saturated carbocycles. The number of carbonyl (C=O) groups is 1. The molecular weight excluding hydrogens is 160 g/mol. The van der Waals surface area contributed by atoms with E-state index in [1.165, 1.54) is 10.9 Å². The molecule has 0 unspecified atom stereocenters. The van der Waals surface area contributed by atoms with Gasteiger partial charge in [-0.25, -0.2) is 0 Å². The number of hydrogen-bond acceptors (Lipinski definition) is 4. The number of nitrogens with zero attached hydrogens (tertiary/aromatic N) is 3. The summed E-state index contributed by atoms with van der Waals surface area (Å²) in [5.41, 5.74) is 6.18. The van der Waals surface area contributed by atoms with Crippen LogP contribution >= 0.6 is 0 Å². The minimum atomic E-state index is -0.927. The van der Waals surface area contributed by atoms with Crippen molar-refractivity contribution in [3.05, 3.63) is 11.9 Å². The Balaban J connectivity index is 2.71. The summed E-state index contributed by atoms with van der Waals surface area (Å²) < 4.78 is 1.47. The zero-order chi connectivity index (χ0) is 9.14. The Morgan fingerprint density at radius 2 is 2.58 bits per heavy atom. The Bertz CT molecular complexity index is 283. The summed E-state index contributed by atoms with van der Waals surface area (Å²) in [5, 5.41) is 15.7. The highest BCUT2D eigenvalue weighted by atomic mass is 16.4. The van der Waals surface area contributed by atoms with Crippen LogP contribution in [-0.4, -0.2) is 26.1 Å². The van der Waals surface area contributed by atoms with Crippen molar-refractivity contribution < 1.29 is 9.90 Å². The Kier molecular flexibility index (Phi) is 2.39. The predicted molar refractivity (Wildman–Crippen MR) is 40.2 cm³/mol. The number of aromatic nitrogens is 3. The molecule has 1 aromatic heterocycles. The van der Waals surface area contributed by atoms with Crippen molar-refractivity contribution in [2.24, 2.45) is 12.8 Å². The molecule has 0 aliphatic heterocycles. The van der Waals surface area contributed by atoms with Crippen LogP contribution in [0.25, 0.3) is 0 Å². The van der Waals surface area contributed by atoms with E-state index in [1.54, 1.807) is 7.05 Å². The lowest BCUT2D eigenvalue weighted by atomic mass is 10.2. The zero-order valence-electron chi connectivity index (χ0n) is 6.64. The van der Waals surface area contributed by atoms with E-state index < -0.39 is 12.0 Å². The molecule has 0 spiro atoms. The first-order valence-electron chi connectivity index (χ1n) is 3.43. The van der Waals surface area contributed by atoms with Crippen molar-refractivity contribution in [2.75, 3.05) is 0 Å². The molecule has 0 aliphatic rings. The second-order valence-electron chi connectivity index (χ2n) is 2.49. The van der Waals surface area contributed by atoms with Crippen LogP contribution < -0.4 is 5.73 Å². The van der Waals surface area contributed by atoms with E-state index in [4.69, 9.17) is 10.8 Å². The molecule has 1 atom stereocenters. The van der Waals surface area contributed by atoms with Gasteiger partial charge in [0.25, 0.3) is 0 Å². The number of aryl methyl sites for hydroxylation is 1. The van der Waals surface area contributed by atoms with Gasteiger partial charge >= 0.3 is 5.97 Å². The van der Waals surface area contributed by atoms with Crippen molar-refractivity contribution in [1.82, 2.24) is 15.0 Å². The van der Waals surface area contributed by atoms with Gasteiger partial charge in [0.15, 0.2) is 0 Å². The van der Waals surface area contributed by atoms with Gasteiger partial charge in [-0.2, -0.15) is 0 Å². The molecule has 1 aromatic rings. The molecule has 1 rings (SSSR count). The molecule has 0 radical (unpaired) electrons. The van der Waals surface area contributed by atoms with E-state index in [9.17, 15) is 4.79 Å². The highest BCUT2D eigenvalue weighted by Crippen LogP contribution is 2.10. The van der Waals surface area contributed by atoms with Crippen molar-refractivity contribution in [3.8, 4) is 0 Å². The quantitative estimate of drug-likeness (QED) is 0.624. The SMILES string of the molecule is Cn1nncc1[C@H](N)CC(=O)O. The average Bonchev–Trinajstić information content (AvgIpc) is 2.33. The fourth-order valence-electron chi connectivity index (χ4n) is 0.926. The predicted octanol–water partition coefficient (Wildman–Crippen LogP) is -0.710. The average molecular weight is 170 g/mol. The van der Waals surface area contributed by atoms with Gasteiger partial charge in [0, 0.05) is 7.05 Å². The minimum Gasteiger partial charge on any atom is -0.481 e. The maximum absolute atomic E-state index is 10.3. The fraction of sp³-hybridized carbons (Fsp3) is 0.500. The van der Waals surface area contributed by atoms with Gasteiger partial charge in [-0.3, -0.25) is 9.48 Å². The first-order valence-corrected chi connectivity index (χ1v) is 3.43. The molecule has 0 amide bonds. The first kappa shape index (κ1) is 8.66. The second-order valence-corrected chi connectivity index (χ2v) is 2.49. The second kappa shape index (κ2) is 3.31. The molecule has 3 N–H and O–H groups in total. The van der Waals surface area contributed by atoms with E-state index in [0.29, 0.717) is 5.69 Å². The van der Waals surface area contributed by atoms with Crippen molar-refractivity contribution >= 4 is 5.97 Å². The minimum absolute atomic E-state index is 0.110. The summed E-state index contributed by atoms with van der Waals surface area (Å²) in [6.07, 6.45) is 1.36. The van der Waals surface area contributed by atoms with E-state index in [1.807, 2.05) is 0 Å². The summed E-state index contributed by atoms with van der Waals surface area (Å²) in [7, 11) is 1.67. The monoisotopic (exact) mass is 170 g/mol. The Morgan fingerprint density at radius 1 is 1.92 bits per heavy atom.